The first-order valence-electron chi connectivity index (χ1n) is 14.6. The van der Waals surface area contributed by atoms with Gasteiger partial charge in [-0.1, -0.05) is 30.3 Å². The van der Waals surface area contributed by atoms with E-state index in [9.17, 15) is 23.7 Å². The second kappa shape index (κ2) is 19.4. The highest BCUT2D eigenvalue weighted by Gasteiger charge is 2.37. The van der Waals surface area contributed by atoms with E-state index in [-0.39, 0.29) is 45.7 Å². The van der Waals surface area contributed by atoms with E-state index >= 15 is 0 Å². The molecule has 0 saturated heterocycles. The molecule has 45 heavy (non-hydrogen) atoms. The predicted octanol–water partition coefficient (Wildman–Crippen LogP) is 5.98. The molecule has 0 fully saturated rings. The molecule has 0 heterocycles. The molecular formula is C32H43O9PS3. The van der Waals surface area contributed by atoms with E-state index in [0.717, 1.165) is 5.56 Å². The highest BCUT2D eigenvalue weighted by molar-refractivity contribution is 7.98. The van der Waals surface area contributed by atoms with Crippen LogP contribution in [0.15, 0.2) is 42.5 Å². The number of carbonyl (C=O) groups is 4. The lowest BCUT2D eigenvalue weighted by Crippen LogP contribution is -2.37. The molecule has 13 heteroatoms. The van der Waals surface area contributed by atoms with Crippen molar-refractivity contribution in [3.05, 3.63) is 64.7 Å². The van der Waals surface area contributed by atoms with Crippen molar-refractivity contribution in [1.82, 2.24) is 0 Å². The van der Waals surface area contributed by atoms with Crippen molar-refractivity contribution in [3.63, 3.8) is 0 Å². The van der Waals surface area contributed by atoms with Gasteiger partial charge in [0.15, 0.2) is 0 Å². The van der Waals surface area contributed by atoms with E-state index in [1.165, 1.54) is 11.8 Å². The average molecular weight is 699 g/mol. The maximum atomic E-state index is 13.8. The number of ether oxygens (including phenoxy) is 3. The number of aryl methyl sites for hydroxylation is 2. The third-order valence-electron chi connectivity index (χ3n) is 6.58. The quantitative estimate of drug-likeness (QED) is 0.0562. The lowest BCUT2D eigenvalue weighted by Gasteiger charge is -2.28. The second-order valence-electron chi connectivity index (χ2n) is 10.8. The lowest BCUT2D eigenvalue weighted by molar-refractivity contribution is -0.160. The Kier molecular flexibility index (Phi) is 16.8. The molecule has 2 rings (SSSR count). The molecule has 0 radical (unpaired) electrons. The van der Waals surface area contributed by atoms with Gasteiger partial charge in [-0.25, -0.2) is 0 Å². The first-order valence-corrected chi connectivity index (χ1v) is 18.6. The fourth-order valence-corrected chi connectivity index (χ4v) is 7.61. The first kappa shape index (κ1) is 38.9. The molecule has 0 N–H and O–H groups in total. The number of thioether (sulfide) groups is 1. The van der Waals surface area contributed by atoms with Gasteiger partial charge in [0.2, 0.25) is 0 Å². The van der Waals surface area contributed by atoms with Gasteiger partial charge < -0.3 is 18.7 Å². The fourth-order valence-electron chi connectivity index (χ4n) is 4.31. The smallest absolute Gasteiger partial charge is 0.306 e. The van der Waals surface area contributed by atoms with Crippen LogP contribution in [0.3, 0.4) is 0 Å². The Labute approximate surface area is 281 Å². The van der Waals surface area contributed by atoms with Gasteiger partial charge in [0.1, 0.15) is 19.8 Å². The van der Waals surface area contributed by atoms with Crippen molar-refractivity contribution in [2.45, 2.75) is 52.7 Å². The molecule has 248 valence electrons. The van der Waals surface area contributed by atoms with Crippen molar-refractivity contribution < 1.29 is 42.5 Å². The predicted molar refractivity (Wildman–Crippen MR) is 184 cm³/mol. The van der Waals surface area contributed by atoms with E-state index in [0.29, 0.717) is 45.0 Å². The van der Waals surface area contributed by atoms with Crippen LogP contribution in [0.1, 0.15) is 60.2 Å². The zero-order valence-electron chi connectivity index (χ0n) is 26.2. The molecule has 2 aromatic carbocycles. The van der Waals surface area contributed by atoms with Gasteiger partial charge in [-0.05, 0) is 56.5 Å². The van der Waals surface area contributed by atoms with E-state index < -0.39 is 36.2 Å². The summed E-state index contributed by atoms with van der Waals surface area (Å²) in [7, 11) is -3.79. The molecule has 0 spiro atoms. The van der Waals surface area contributed by atoms with Crippen LogP contribution in [-0.2, 0) is 43.4 Å². The van der Waals surface area contributed by atoms with Gasteiger partial charge in [0.05, 0.1) is 31.3 Å². The standard InChI is InChI=1S/C32H43O9PS3/c1-5-41-42(37,26-9-7-6-8-10-26)31(36)30-23(2)17-25(18-24(30)3)19-45-16-13-29(35)40-22-32(4,20-38-27(33)11-14-43)21-39-28(34)12-15-44/h6-10,17-18,43-44H,5,11-16,19-22H2,1-4H3. The SMILES string of the molecule is CCOP(=O)(C(=O)c1c(C)cc(CSCCC(=O)OCC(C)(COC(=O)CCS)COC(=O)CCS)cc1C)c1ccccc1. The number of carbonyl (C=O) groups excluding carboxylic acids is 4. The Morgan fingerprint density at radius 3 is 1.78 bits per heavy atom. The number of rotatable bonds is 20. The minimum atomic E-state index is -3.79. The molecule has 1 atom stereocenters. The van der Waals surface area contributed by atoms with Gasteiger partial charge in [-0.3, -0.25) is 23.7 Å². The second-order valence-corrected chi connectivity index (χ2v) is 15.0. The zero-order chi connectivity index (χ0) is 33.5. The van der Waals surface area contributed by atoms with E-state index in [1.807, 2.05) is 26.0 Å². The van der Waals surface area contributed by atoms with Crippen molar-refractivity contribution in [1.29, 1.82) is 0 Å². The van der Waals surface area contributed by atoms with Crippen LogP contribution < -0.4 is 5.30 Å². The van der Waals surface area contributed by atoms with Crippen LogP contribution in [0.2, 0.25) is 0 Å². The summed E-state index contributed by atoms with van der Waals surface area (Å²) in [5.74, 6) is 0.431. The number of benzene rings is 2. The lowest BCUT2D eigenvalue weighted by atomic mass is 9.94. The Bertz CT molecular complexity index is 1310. The van der Waals surface area contributed by atoms with Gasteiger partial charge in [-0.2, -0.15) is 37.0 Å². The summed E-state index contributed by atoms with van der Waals surface area (Å²) < 4.78 is 35.4. The van der Waals surface area contributed by atoms with Gasteiger partial charge in [0.25, 0.3) is 5.52 Å². The largest absolute Gasteiger partial charge is 0.465 e. The summed E-state index contributed by atoms with van der Waals surface area (Å²) >= 11 is 9.58. The number of thiol groups is 2. The Morgan fingerprint density at radius 1 is 0.822 bits per heavy atom. The normalized spacial score (nSPS) is 12.7. The van der Waals surface area contributed by atoms with Crippen LogP contribution in [0.5, 0.6) is 0 Å². The average Bonchev–Trinajstić information content (AvgIpc) is 3.01. The van der Waals surface area contributed by atoms with Crippen LogP contribution >= 0.6 is 44.4 Å². The molecule has 0 saturated carbocycles. The van der Waals surface area contributed by atoms with Crippen molar-refractivity contribution >= 4 is 73.1 Å². The molecule has 0 bridgehead atoms. The van der Waals surface area contributed by atoms with Gasteiger partial charge >= 0.3 is 25.3 Å². The highest BCUT2D eigenvalue weighted by Crippen LogP contribution is 2.50. The molecule has 0 aliphatic carbocycles. The molecule has 0 aromatic heterocycles. The molecule has 0 amide bonds. The van der Waals surface area contributed by atoms with E-state index in [2.05, 4.69) is 25.3 Å². The van der Waals surface area contributed by atoms with E-state index in [1.54, 1.807) is 44.2 Å². The molecule has 9 nitrogen and oxygen atoms in total. The van der Waals surface area contributed by atoms with Crippen LogP contribution in [0.4, 0.5) is 0 Å². The molecule has 2 aromatic rings. The Balaban J connectivity index is 1.96. The van der Waals surface area contributed by atoms with Crippen LogP contribution in [-0.4, -0.2) is 67.1 Å². The minimum Gasteiger partial charge on any atom is -0.465 e. The number of esters is 3. The Hall–Kier alpha value is -2.24. The number of hydrogen-bond donors (Lipinski definition) is 2. The summed E-state index contributed by atoms with van der Waals surface area (Å²) in [6.07, 6.45) is 0.410. The Morgan fingerprint density at radius 2 is 1.31 bits per heavy atom. The summed E-state index contributed by atoms with van der Waals surface area (Å²) in [4.78, 5) is 49.8. The van der Waals surface area contributed by atoms with Gasteiger partial charge in [-0.15, -0.1) is 0 Å². The molecule has 0 aliphatic rings. The third-order valence-corrected chi connectivity index (χ3v) is 10.4. The van der Waals surface area contributed by atoms with Crippen molar-refractivity contribution in [2.24, 2.45) is 5.41 Å². The van der Waals surface area contributed by atoms with Crippen LogP contribution in [0.25, 0.3) is 0 Å². The van der Waals surface area contributed by atoms with E-state index in [4.69, 9.17) is 18.7 Å². The third kappa shape index (κ3) is 12.5. The molecular weight excluding hydrogens is 656 g/mol. The molecule has 1 unspecified atom stereocenters. The monoisotopic (exact) mass is 698 g/mol. The maximum Gasteiger partial charge on any atom is 0.306 e. The number of hydrogen-bond acceptors (Lipinski definition) is 12. The summed E-state index contributed by atoms with van der Waals surface area (Å²) in [5, 5.41) is 0.367. The van der Waals surface area contributed by atoms with Crippen molar-refractivity contribution in [3.8, 4) is 0 Å². The van der Waals surface area contributed by atoms with Crippen LogP contribution in [0, 0.1) is 19.3 Å². The fraction of sp³-hybridized carbons (Fsp3) is 0.500. The first-order chi connectivity index (χ1) is 21.4. The summed E-state index contributed by atoms with van der Waals surface area (Å²) in [6, 6.07) is 12.3. The topological polar surface area (TPSA) is 122 Å². The molecule has 0 aliphatic heterocycles. The maximum absolute atomic E-state index is 13.8. The summed E-state index contributed by atoms with van der Waals surface area (Å²) in [6.45, 7) is 6.93. The van der Waals surface area contributed by atoms with Crippen molar-refractivity contribution in [2.75, 3.05) is 43.7 Å². The zero-order valence-corrected chi connectivity index (χ0v) is 29.7. The van der Waals surface area contributed by atoms with Gasteiger partial charge in [0, 0.05) is 33.9 Å². The summed E-state index contributed by atoms with van der Waals surface area (Å²) in [5.41, 5.74) is 1.33. The minimum absolute atomic E-state index is 0.0850. The highest BCUT2D eigenvalue weighted by atomic mass is 32.2.